The Balaban J connectivity index is 2.52. The largest absolute Gasteiger partial charge is 0.492 e. The first-order valence-corrected chi connectivity index (χ1v) is 6.02. The van der Waals surface area contributed by atoms with E-state index < -0.39 is 0 Å². The molecule has 0 spiro atoms. The zero-order valence-corrected chi connectivity index (χ0v) is 11.2. The summed E-state index contributed by atoms with van der Waals surface area (Å²) < 4.78 is 19.2. The smallest absolute Gasteiger partial charge is 0.136 e. The van der Waals surface area contributed by atoms with E-state index in [1.54, 1.807) is 6.07 Å². The molecule has 0 aliphatic heterocycles. The summed E-state index contributed by atoms with van der Waals surface area (Å²) in [6.07, 6.45) is 0.840. The van der Waals surface area contributed by atoms with Crippen LogP contribution < -0.4 is 10.5 Å². The highest BCUT2D eigenvalue weighted by molar-refractivity contribution is 9.10. The minimum Gasteiger partial charge on any atom is -0.492 e. The average Bonchev–Trinajstić information content (AvgIpc) is 2.23. The summed E-state index contributed by atoms with van der Waals surface area (Å²) in [7, 11) is 0. The third-order valence-electron chi connectivity index (χ3n) is 2.48. The van der Waals surface area contributed by atoms with Gasteiger partial charge in [-0.3, -0.25) is 0 Å². The fraction of sp³-hybridized carbons (Fsp3) is 0.500. The third-order valence-corrected chi connectivity index (χ3v) is 3.14. The number of hydrogen-bond acceptors (Lipinski definition) is 2. The van der Waals surface area contributed by atoms with Crippen LogP contribution in [0.1, 0.15) is 20.3 Å². The minimum atomic E-state index is -0.295. The van der Waals surface area contributed by atoms with Crippen LogP contribution in [0.4, 0.5) is 4.39 Å². The maximum Gasteiger partial charge on any atom is 0.136 e. The van der Waals surface area contributed by atoms with E-state index in [0.29, 0.717) is 18.9 Å². The van der Waals surface area contributed by atoms with E-state index in [2.05, 4.69) is 29.8 Å². The van der Waals surface area contributed by atoms with Gasteiger partial charge in [-0.05, 0) is 46.4 Å². The molecule has 2 N–H and O–H groups in total. The van der Waals surface area contributed by atoms with Crippen molar-refractivity contribution in [1.29, 1.82) is 0 Å². The summed E-state index contributed by atoms with van der Waals surface area (Å²) in [4.78, 5) is 0. The maximum atomic E-state index is 13.0. The van der Waals surface area contributed by atoms with Gasteiger partial charge in [-0.15, -0.1) is 0 Å². The minimum absolute atomic E-state index is 0.0554. The molecular weight excluding hydrogens is 273 g/mol. The van der Waals surface area contributed by atoms with Crippen LogP contribution >= 0.6 is 15.9 Å². The Bertz CT molecular complexity index is 355. The molecule has 0 bridgehead atoms. The molecule has 0 atom stereocenters. The van der Waals surface area contributed by atoms with Crippen LogP contribution in [0.5, 0.6) is 5.75 Å². The van der Waals surface area contributed by atoms with Crippen molar-refractivity contribution in [2.45, 2.75) is 20.3 Å². The zero-order valence-electron chi connectivity index (χ0n) is 9.59. The van der Waals surface area contributed by atoms with Gasteiger partial charge in [0.15, 0.2) is 0 Å². The second kappa shape index (κ2) is 5.64. The summed E-state index contributed by atoms with van der Waals surface area (Å²) in [6, 6.07) is 4.40. The van der Waals surface area contributed by atoms with Crippen LogP contribution in [0.25, 0.3) is 0 Å². The Morgan fingerprint density at radius 1 is 1.44 bits per heavy atom. The second-order valence-electron chi connectivity index (χ2n) is 4.54. The van der Waals surface area contributed by atoms with Gasteiger partial charge in [-0.25, -0.2) is 4.39 Å². The highest BCUT2D eigenvalue weighted by Crippen LogP contribution is 2.26. The molecule has 0 heterocycles. The van der Waals surface area contributed by atoms with Crippen molar-refractivity contribution in [2.24, 2.45) is 11.1 Å². The predicted octanol–water partition coefficient (Wildman–Crippen LogP) is 3.34. The topological polar surface area (TPSA) is 35.2 Å². The molecule has 0 amide bonds. The van der Waals surface area contributed by atoms with Gasteiger partial charge in [0, 0.05) is 6.07 Å². The fourth-order valence-electron chi connectivity index (χ4n) is 1.13. The third kappa shape index (κ3) is 4.10. The summed E-state index contributed by atoms with van der Waals surface area (Å²) in [5.41, 5.74) is 5.67. The lowest BCUT2D eigenvalue weighted by Crippen LogP contribution is -2.25. The molecule has 0 aliphatic carbocycles. The molecule has 1 rings (SSSR count). The van der Waals surface area contributed by atoms with Gasteiger partial charge in [-0.2, -0.15) is 0 Å². The van der Waals surface area contributed by atoms with Crippen LogP contribution in [0, 0.1) is 11.2 Å². The molecule has 0 saturated carbocycles. The Kier molecular flexibility index (Phi) is 4.74. The fourth-order valence-corrected chi connectivity index (χ4v) is 1.49. The van der Waals surface area contributed by atoms with Crippen molar-refractivity contribution in [1.82, 2.24) is 0 Å². The number of rotatable bonds is 5. The van der Waals surface area contributed by atoms with Gasteiger partial charge >= 0.3 is 0 Å². The lowest BCUT2D eigenvalue weighted by Gasteiger charge is -2.22. The number of nitrogens with two attached hydrogens (primary N) is 1. The lowest BCUT2D eigenvalue weighted by atomic mass is 9.90. The Hall–Kier alpha value is -0.610. The van der Waals surface area contributed by atoms with Crippen molar-refractivity contribution in [3.05, 3.63) is 28.5 Å². The Morgan fingerprint density at radius 2 is 2.12 bits per heavy atom. The van der Waals surface area contributed by atoms with E-state index in [4.69, 9.17) is 10.5 Å². The van der Waals surface area contributed by atoms with E-state index in [1.807, 2.05) is 0 Å². The second-order valence-corrected chi connectivity index (χ2v) is 5.40. The van der Waals surface area contributed by atoms with Gasteiger partial charge in [-0.1, -0.05) is 13.8 Å². The summed E-state index contributed by atoms with van der Waals surface area (Å²) in [5.74, 6) is 0.240. The Morgan fingerprint density at radius 3 is 2.75 bits per heavy atom. The van der Waals surface area contributed by atoms with E-state index in [9.17, 15) is 4.39 Å². The van der Waals surface area contributed by atoms with Crippen molar-refractivity contribution in [3.8, 4) is 5.75 Å². The first kappa shape index (κ1) is 13.5. The highest BCUT2D eigenvalue weighted by atomic mass is 79.9. The van der Waals surface area contributed by atoms with Gasteiger partial charge in [0.05, 0.1) is 11.1 Å². The SMILES string of the molecule is CC(C)(CN)CCOc1cc(F)ccc1Br. The monoisotopic (exact) mass is 289 g/mol. The zero-order chi connectivity index (χ0) is 12.2. The van der Waals surface area contributed by atoms with E-state index in [0.717, 1.165) is 10.9 Å². The van der Waals surface area contributed by atoms with Crippen LogP contribution in [-0.2, 0) is 0 Å². The van der Waals surface area contributed by atoms with Gasteiger partial charge in [0.25, 0.3) is 0 Å². The molecule has 0 unspecified atom stereocenters. The molecule has 16 heavy (non-hydrogen) atoms. The van der Waals surface area contributed by atoms with E-state index >= 15 is 0 Å². The van der Waals surface area contributed by atoms with E-state index in [1.165, 1.54) is 12.1 Å². The number of halogens is 2. The standard InChI is InChI=1S/C12H17BrFNO/c1-12(2,8-15)5-6-16-11-7-9(14)3-4-10(11)13/h3-4,7H,5-6,8,15H2,1-2H3. The molecular formula is C12H17BrFNO. The quantitative estimate of drug-likeness (QED) is 0.902. The van der Waals surface area contributed by atoms with Crippen LogP contribution in [0.2, 0.25) is 0 Å². The number of ether oxygens (including phenoxy) is 1. The molecule has 0 aromatic heterocycles. The predicted molar refractivity (Wildman–Crippen MR) is 67.0 cm³/mol. The Labute approximate surface area is 104 Å². The number of benzene rings is 1. The maximum absolute atomic E-state index is 13.0. The normalized spacial score (nSPS) is 11.6. The summed E-state index contributed by atoms with van der Waals surface area (Å²) >= 11 is 3.31. The lowest BCUT2D eigenvalue weighted by molar-refractivity contribution is 0.232. The molecule has 0 radical (unpaired) electrons. The molecule has 1 aromatic carbocycles. The van der Waals surface area contributed by atoms with Crippen molar-refractivity contribution < 1.29 is 9.13 Å². The first-order valence-electron chi connectivity index (χ1n) is 5.22. The molecule has 90 valence electrons. The van der Waals surface area contributed by atoms with Gasteiger partial charge in [0.2, 0.25) is 0 Å². The summed E-state index contributed by atoms with van der Waals surface area (Å²) in [5, 5.41) is 0. The van der Waals surface area contributed by atoms with Crippen LogP contribution in [0.3, 0.4) is 0 Å². The summed E-state index contributed by atoms with van der Waals surface area (Å²) in [6.45, 7) is 5.31. The van der Waals surface area contributed by atoms with Crippen molar-refractivity contribution >= 4 is 15.9 Å². The average molecular weight is 290 g/mol. The van der Waals surface area contributed by atoms with Crippen molar-refractivity contribution in [2.75, 3.05) is 13.2 Å². The van der Waals surface area contributed by atoms with E-state index in [-0.39, 0.29) is 11.2 Å². The molecule has 0 saturated heterocycles. The molecule has 0 fully saturated rings. The highest BCUT2D eigenvalue weighted by Gasteiger charge is 2.15. The molecule has 4 heteroatoms. The van der Waals surface area contributed by atoms with Crippen molar-refractivity contribution in [3.63, 3.8) is 0 Å². The van der Waals surface area contributed by atoms with Gasteiger partial charge in [0.1, 0.15) is 11.6 Å². The molecule has 1 aromatic rings. The molecule has 0 aliphatic rings. The molecule has 2 nitrogen and oxygen atoms in total. The van der Waals surface area contributed by atoms with Crippen LogP contribution in [-0.4, -0.2) is 13.2 Å². The number of hydrogen-bond donors (Lipinski definition) is 1. The first-order chi connectivity index (χ1) is 7.44. The van der Waals surface area contributed by atoms with Crippen LogP contribution in [0.15, 0.2) is 22.7 Å². The van der Waals surface area contributed by atoms with Gasteiger partial charge < -0.3 is 10.5 Å².